The van der Waals surface area contributed by atoms with Crippen molar-refractivity contribution in [3.8, 4) is 0 Å². The van der Waals surface area contributed by atoms with E-state index < -0.39 is 168 Å². The van der Waals surface area contributed by atoms with Crippen molar-refractivity contribution in [2.24, 2.45) is 40.0 Å². The van der Waals surface area contributed by atoms with E-state index in [1.807, 2.05) is 0 Å². The van der Waals surface area contributed by atoms with Crippen LogP contribution in [0.4, 0.5) is 0 Å². The summed E-state index contributed by atoms with van der Waals surface area (Å²) in [7, 11) is 0. The number of aliphatic hydroxyl groups excluding tert-OH is 2. The first-order valence-corrected chi connectivity index (χ1v) is 30.0. The Hall–Kier alpha value is -7.42. The minimum Gasteiger partial charge on any atom is -0.465 e. The Labute approximate surface area is 513 Å². The van der Waals surface area contributed by atoms with Crippen LogP contribution in [0.1, 0.15) is 118 Å². The van der Waals surface area contributed by atoms with E-state index in [1.54, 1.807) is 65.0 Å². The molecule has 1 unspecified atom stereocenters. The van der Waals surface area contributed by atoms with Gasteiger partial charge >= 0.3 is 5.97 Å². The zero-order valence-corrected chi connectivity index (χ0v) is 51.7. The number of esters is 1. The van der Waals surface area contributed by atoms with Gasteiger partial charge < -0.3 is 102 Å². The highest BCUT2D eigenvalue weighted by molar-refractivity contribution is 5.99. The SMILES string of the molecule is CCC(C)(C)C(=O)OCCC(=O)N[C@@H](CN)C(=O)N[C@H](C(=O)N[C@@H](CCN)C(=O)N[C@H]1CCNC(=O)[C@H]([C@H](C)O)NC(=O)[C@H](CCCN)NC(=O)[C@H](CCN)NC(=O)[C@H](CC(C)C)NC(=O)[C@@H](Cc2ccccc2)NC(=O)[C@H](CCCN)NC1=O)C(C)O. The molecule has 0 aromatic heterocycles. The molecule has 1 aromatic carbocycles. The highest BCUT2D eigenvalue weighted by Crippen LogP contribution is 2.21. The fourth-order valence-corrected chi connectivity index (χ4v) is 8.82. The van der Waals surface area contributed by atoms with Gasteiger partial charge in [0.25, 0.3) is 0 Å². The van der Waals surface area contributed by atoms with Gasteiger partial charge in [-0.2, -0.15) is 0 Å². The predicted molar refractivity (Wildman–Crippen MR) is 323 cm³/mol. The van der Waals surface area contributed by atoms with E-state index in [1.165, 1.54) is 6.92 Å². The van der Waals surface area contributed by atoms with Gasteiger partial charge in [0, 0.05) is 19.5 Å². The summed E-state index contributed by atoms with van der Waals surface area (Å²) in [4.78, 5) is 167. The smallest absolute Gasteiger partial charge is 0.311 e. The monoisotopic (exact) mass is 1250 g/mol. The maximum absolute atomic E-state index is 14.6. The highest BCUT2D eigenvalue weighted by atomic mass is 16.5. The van der Waals surface area contributed by atoms with E-state index in [4.69, 9.17) is 33.4 Å². The van der Waals surface area contributed by atoms with Gasteiger partial charge in [-0.25, -0.2) is 0 Å². The molecule has 88 heavy (non-hydrogen) atoms. The molecule has 2 rings (SSSR count). The number of amides is 11. The van der Waals surface area contributed by atoms with Crippen LogP contribution in [0.25, 0.3) is 0 Å². The number of hydrogen-bond acceptors (Lipinski definition) is 20. The number of benzene rings is 1. The number of nitrogens with one attached hydrogen (secondary N) is 11. The third kappa shape index (κ3) is 26.5. The lowest BCUT2D eigenvalue weighted by Crippen LogP contribution is -2.62. The average molecular weight is 1250 g/mol. The van der Waals surface area contributed by atoms with Crippen LogP contribution in [-0.2, 0) is 68.7 Å². The van der Waals surface area contributed by atoms with Crippen LogP contribution in [0.5, 0.6) is 0 Å². The minimum atomic E-state index is -1.79. The molecule has 0 spiro atoms. The van der Waals surface area contributed by atoms with Crippen LogP contribution in [0.2, 0.25) is 0 Å². The third-order valence-corrected chi connectivity index (χ3v) is 14.5. The summed E-state index contributed by atoms with van der Waals surface area (Å²) >= 11 is 0. The number of rotatable bonds is 29. The van der Waals surface area contributed by atoms with Gasteiger partial charge in [0.2, 0.25) is 65.0 Å². The summed E-state index contributed by atoms with van der Waals surface area (Å²) in [6.45, 7) is 9.52. The Morgan fingerprint density at radius 3 is 1.68 bits per heavy atom. The Morgan fingerprint density at radius 1 is 0.625 bits per heavy atom. The number of aliphatic hydroxyl groups is 2. The molecule has 1 aliphatic rings. The van der Waals surface area contributed by atoms with Gasteiger partial charge in [-0.05, 0) is 123 Å². The maximum Gasteiger partial charge on any atom is 0.311 e. The summed E-state index contributed by atoms with van der Waals surface area (Å²) in [6.07, 6.45) is -3.96. The topological polar surface area (TPSA) is 517 Å². The summed E-state index contributed by atoms with van der Waals surface area (Å²) in [5, 5.41) is 49.4. The zero-order chi connectivity index (χ0) is 66.3. The largest absolute Gasteiger partial charge is 0.465 e. The van der Waals surface area contributed by atoms with Crippen molar-refractivity contribution < 1.29 is 72.5 Å². The second-order valence-electron chi connectivity index (χ2n) is 22.8. The van der Waals surface area contributed by atoms with E-state index >= 15 is 0 Å². The normalized spacial score (nSPS) is 22.3. The van der Waals surface area contributed by atoms with Gasteiger partial charge in [-0.3, -0.25) is 57.5 Å². The summed E-state index contributed by atoms with van der Waals surface area (Å²) in [5.41, 5.74) is 29.0. The first-order valence-electron chi connectivity index (χ1n) is 30.0. The summed E-state index contributed by atoms with van der Waals surface area (Å²) in [6, 6.07) is -6.63. The van der Waals surface area contributed by atoms with Crippen molar-refractivity contribution >= 4 is 70.9 Å². The standard InChI is InChI=1S/C57H98N16O15/c1-8-57(6,7)56(87)88-27-21-43(76)64-42(30-62)53(84)73-45(33(5)75)55(86)69-38(19-25-61)48(79)68-39-20-26-63-54(85)44(32(4)74)72-50(81)36(17-13-23-59)66-47(78)37(18-24-60)67-51(82)40(28-31(2)3)70-52(83)41(29-34-14-10-9-11-15-34)71-46(77)35(16-12-22-58)65-49(39)80/h9-11,14-15,31-33,35-42,44-45,74-75H,8,12-13,16-30,58-62H2,1-7H3,(H,63,85)(H,64,76)(H,65,80)(H,66,78)(H,67,82)(H,68,79)(H,69,86)(H,70,83)(H,71,77)(H,72,81)(H,73,84)/t32-,33?,35-,36-,37-,38-,39-,40-,41+,42-,44-,45-/m0/s1. The Kier molecular flexibility index (Phi) is 34.4. The Bertz CT molecular complexity index is 2470. The molecule has 31 heteroatoms. The molecule has 11 amide bonds. The maximum atomic E-state index is 14.6. The summed E-state index contributed by atoms with van der Waals surface area (Å²) in [5.74, 6) is -11.0. The number of hydrogen-bond donors (Lipinski definition) is 18. The number of carbonyl (C=O) groups excluding carboxylic acids is 12. The summed E-state index contributed by atoms with van der Waals surface area (Å²) < 4.78 is 5.20. The molecule has 1 fully saturated rings. The van der Waals surface area contributed by atoms with E-state index in [0.717, 1.165) is 6.92 Å². The zero-order valence-electron chi connectivity index (χ0n) is 51.7. The highest BCUT2D eigenvalue weighted by Gasteiger charge is 2.38. The quantitative estimate of drug-likeness (QED) is 0.0332. The molecule has 1 aromatic rings. The van der Waals surface area contributed by atoms with Gasteiger partial charge in [0.05, 0.1) is 24.0 Å². The second-order valence-corrected chi connectivity index (χ2v) is 22.8. The third-order valence-electron chi connectivity index (χ3n) is 14.5. The molecule has 12 atom stereocenters. The lowest BCUT2D eigenvalue weighted by molar-refractivity contribution is -0.154. The lowest BCUT2D eigenvalue weighted by atomic mass is 9.91. The molecule has 1 heterocycles. The molecule has 496 valence electrons. The fraction of sp³-hybridized carbons (Fsp3) is 0.684. The second kappa shape index (κ2) is 39.5. The van der Waals surface area contributed by atoms with Crippen LogP contribution in [0.3, 0.4) is 0 Å². The number of ether oxygens (including phenoxy) is 1. The van der Waals surface area contributed by atoms with Crippen molar-refractivity contribution in [2.75, 3.05) is 45.9 Å². The molecule has 23 N–H and O–H groups in total. The molecule has 1 saturated heterocycles. The lowest BCUT2D eigenvalue weighted by Gasteiger charge is -2.29. The minimum absolute atomic E-state index is 0.0239. The van der Waals surface area contributed by atoms with Crippen LogP contribution in [-0.4, -0.2) is 200 Å². The van der Waals surface area contributed by atoms with E-state index in [0.29, 0.717) is 12.0 Å². The van der Waals surface area contributed by atoms with Crippen molar-refractivity contribution in [1.29, 1.82) is 0 Å². The average Bonchev–Trinajstić information content (AvgIpc) is 2.17. The fourth-order valence-electron chi connectivity index (χ4n) is 8.82. The van der Waals surface area contributed by atoms with Crippen LogP contribution >= 0.6 is 0 Å². The van der Waals surface area contributed by atoms with Gasteiger partial charge in [0.1, 0.15) is 67.0 Å². The van der Waals surface area contributed by atoms with Crippen molar-refractivity contribution in [3.05, 3.63) is 35.9 Å². The number of nitrogens with two attached hydrogens (primary N) is 5. The molecular formula is C57H98N16O15. The Balaban J connectivity index is 2.70. The number of carbonyl (C=O) groups is 12. The van der Waals surface area contributed by atoms with E-state index in [9.17, 15) is 67.7 Å². The first-order chi connectivity index (χ1) is 41.6. The van der Waals surface area contributed by atoms with Crippen LogP contribution in [0.15, 0.2) is 30.3 Å². The van der Waals surface area contributed by atoms with E-state index in [-0.39, 0.29) is 96.5 Å². The molecule has 31 nitrogen and oxygen atoms in total. The molecular weight excluding hydrogens is 1150 g/mol. The van der Waals surface area contributed by atoms with Crippen molar-refractivity contribution in [2.45, 2.75) is 192 Å². The van der Waals surface area contributed by atoms with E-state index in [2.05, 4.69) is 58.5 Å². The molecule has 0 bridgehead atoms. The van der Waals surface area contributed by atoms with Gasteiger partial charge in [0.15, 0.2) is 0 Å². The molecule has 1 aliphatic heterocycles. The molecule has 0 aliphatic carbocycles. The van der Waals surface area contributed by atoms with Crippen molar-refractivity contribution in [3.63, 3.8) is 0 Å². The van der Waals surface area contributed by atoms with Crippen molar-refractivity contribution in [1.82, 2.24) is 58.5 Å². The van der Waals surface area contributed by atoms with Gasteiger partial charge in [-0.15, -0.1) is 0 Å². The first kappa shape index (κ1) is 76.7. The Morgan fingerprint density at radius 2 is 1.16 bits per heavy atom. The van der Waals surface area contributed by atoms with Crippen LogP contribution < -0.4 is 87.2 Å². The molecule has 0 saturated carbocycles. The molecule has 0 radical (unpaired) electrons. The van der Waals surface area contributed by atoms with Crippen LogP contribution in [0, 0.1) is 11.3 Å². The van der Waals surface area contributed by atoms with Gasteiger partial charge in [-0.1, -0.05) is 51.1 Å². The predicted octanol–water partition coefficient (Wildman–Crippen LogP) is -6.09.